The first-order valence-corrected chi connectivity index (χ1v) is 6.24. The van der Waals surface area contributed by atoms with Gasteiger partial charge in [0.2, 0.25) is 0 Å². The molecule has 0 saturated heterocycles. The summed E-state index contributed by atoms with van der Waals surface area (Å²) in [5.41, 5.74) is -0.826. The van der Waals surface area contributed by atoms with Gasteiger partial charge in [0, 0.05) is 13.1 Å². The summed E-state index contributed by atoms with van der Waals surface area (Å²) in [6.45, 7) is 1.22. The van der Waals surface area contributed by atoms with Crippen molar-refractivity contribution in [3.8, 4) is 11.3 Å². The van der Waals surface area contributed by atoms with Crippen molar-refractivity contribution >= 4 is 23.1 Å². The van der Waals surface area contributed by atoms with Gasteiger partial charge < -0.3 is 0 Å². The van der Waals surface area contributed by atoms with Crippen molar-refractivity contribution in [2.24, 2.45) is 7.05 Å². The molecule has 0 bridgehead atoms. The van der Waals surface area contributed by atoms with Gasteiger partial charge >= 0.3 is 0 Å². The molecule has 8 heteroatoms. The van der Waals surface area contributed by atoms with Crippen molar-refractivity contribution in [1.29, 1.82) is 0 Å². The predicted octanol–water partition coefficient (Wildman–Crippen LogP) is 2.21. The molecule has 21 heavy (non-hydrogen) atoms. The number of nitro benzene ring substituents is 1. The molecule has 0 radical (unpaired) electrons. The number of halogens is 1. The van der Waals surface area contributed by atoms with E-state index in [1.54, 1.807) is 6.07 Å². The second-order valence-corrected chi connectivity index (χ2v) is 4.67. The number of benzene rings is 1. The fourth-order valence-corrected chi connectivity index (χ4v) is 2.29. The molecule has 7 nitrogen and oxygen atoms in total. The monoisotopic (exact) mass is 307 g/mol. The number of carbonyl (C=O) groups excluding carboxylic acids is 1. The van der Waals surface area contributed by atoms with Crippen LogP contribution in [0.4, 0.5) is 5.69 Å². The molecule has 0 aliphatic heterocycles. The molecule has 0 unspecified atom stereocenters. The van der Waals surface area contributed by atoms with E-state index in [-0.39, 0.29) is 27.5 Å². The zero-order chi connectivity index (χ0) is 15.7. The Labute approximate surface area is 123 Å². The van der Waals surface area contributed by atoms with E-state index in [0.29, 0.717) is 0 Å². The second-order valence-electron chi connectivity index (χ2n) is 4.30. The Bertz CT molecular complexity index is 814. The highest BCUT2D eigenvalue weighted by atomic mass is 35.5. The Morgan fingerprint density at radius 2 is 2.00 bits per heavy atom. The number of Topliss-reactive ketones (excluding diaryl/α,β-unsaturated/α-hetero) is 1. The van der Waals surface area contributed by atoms with Crippen molar-refractivity contribution in [3.63, 3.8) is 0 Å². The molecule has 1 aromatic heterocycles. The van der Waals surface area contributed by atoms with Gasteiger partial charge in [-0.1, -0.05) is 23.7 Å². The Hall–Kier alpha value is -2.54. The molecule has 1 aromatic carbocycles. The Morgan fingerprint density at radius 3 is 2.57 bits per heavy atom. The molecule has 1 heterocycles. The number of hydrogen-bond donors (Lipinski definition) is 0. The van der Waals surface area contributed by atoms with Crippen LogP contribution in [0.2, 0.25) is 5.02 Å². The quantitative estimate of drug-likeness (QED) is 0.492. The lowest BCUT2D eigenvalue weighted by Gasteiger charge is -2.10. The van der Waals surface area contributed by atoms with Crippen LogP contribution >= 0.6 is 11.6 Å². The predicted molar refractivity (Wildman–Crippen MR) is 76.6 cm³/mol. The number of nitrogens with zero attached hydrogens (tertiary/aromatic N) is 3. The van der Waals surface area contributed by atoms with Crippen LogP contribution in [-0.2, 0) is 7.05 Å². The van der Waals surface area contributed by atoms with Gasteiger partial charge in [0.25, 0.3) is 11.2 Å². The fraction of sp³-hybridized carbons (Fsp3) is 0.154. The first-order chi connectivity index (χ1) is 9.84. The number of ketones is 1. The molecule has 2 rings (SSSR count). The Morgan fingerprint density at radius 1 is 1.38 bits per heavy atom. The van der Waals surface area contributed by atoms with Gasteiger partial charge in [0.05, 0.1) is 16.1 Å². The van der Waals surface area contributed by atoms with Gasteiger partial charge in [-0.25, -0.2) is 4.68 Å². The van der Waals surface area contributed by atoms with Gasteiger partial charge in [0.15, 0.2) is 5.78 Å². The minimum Gasteiger partial charge on any atom is -0.294 e. The molecule has 2 aromatic rings. The Balaban J connectivity index is 2.91. The van der Waals surface area contributed by atoms with Crippen LogP contribution in [0.5, 0.6) is 0 Å². The number of aryl methyl sites for hydroxylation is 1. The van der Waals surface area contributed by atoms with Crippen LogP contribution in [0.15, 0.2) is 29.1 Å². The maximum absolute atomic E-state index is 11.8. The zero-order valence-corrected chi connectivity index (χ0v) is 11.9. The van der Waals surface area contributed by atoms with E-state index in [1.165, 1.54) is 32.2 Å². The van der Waals surface area contributed by atoms with Crippen molar-refractivity contribution < 1.29 is 9.72 Å². The fourth-order valence-electron chi connectivity index (χ4n) is 1.94. The number of hydrogen-bond acceptors (Lipinski definition) is 5. The number of aromatic nitrogens is 2. The molecular weight excluding hydrogens is 298 g/mol. The van der Waals surface area contributed by atoms with E-state index < -0.39 is 16.3 Å². The zero-order valence-electron chi connectivity index (χ0n) is 11.2. The van der Waals surface area contributed by atoms with E-state index in [4.69, 9.17) is 11.6 Å². The van der Waals surface area contributed by atoms with E-state index in [1.807, 2.05) is 0 Å². The van der Waals surface area contributed by atoms with Crippen molar-refractivity contribution in [1.82, 2.24) is 9.78 Å². The van der Waals surface area contributed by atoms with Crippen LogP contribution in [0.25, 0.3) is 11.3 Å². The highest BCUT2D eigenvalue weighted by Gasteiger charge is 2.24. The second kappa shape index (κ2) is 5.45. The summed E-state index contributed by atoms with van der Waals surface area (Å²) >= 11 is 5.92. The summed E-state index contributed by atoms with van der Waals surface area (Å²) in [4.78, 5) is 34.1. The van der Waals surface area contributed by atoms with Crippen LogP contribution in [0.1, 0.15) is 17.3 Å². The number of rotatable bonds is 3. The highest BCUT2D eigenvalue weighted by Crippen LogP contribution is 2.32. The average Bonchev–Trinajstić information content (AvgIpc) is 2.43. The molecule has 0 aliphatic rings. The minimum absolute atomic E-state index is 0.0156. The van der Waals surface area contributed by atoms with E-state index >= 15 is 0 Å². The molecule has 0 saturated carbocycles. The first kappa shape index (κ1) is 14.9. The molecule has 0 fully saturated rings. The van der Waals surface area contributed by atoms with Gasteiger partial charge in [-0.2, -0.15) is 5.10 Å². The third kappa shape index (κ3) is 2.55. The molecule has 0 aliphatic carbocycles. The minimum atomic E-state index is -0.635. The highest BCUT2D eigenvalue weighted by molar-refractivity contribution is 6.34. The molecule has 0 spiro atoms. The average molecular weight is 308 g/mol. The standard InChI is InChI=1S/C13H10ClN3O4/c1-7(18)10-11(14)13(19)16(2)15-12(10)8-5-3-4-6-9(8)17(20)21/h3-6H,1-2H3. The first-order valence-electron chi connectivity index (χ1n) is 5.86. The summed E-state index contributed by atoms with van der Waals surface area (Å²) in [5.74, 6) is -0.488. The van der Waals surface area contributed by atoms with Crippen molar-refractivity contribution in [2.75, 3.05) is 0 Å². The summed E-state index contributed by atoms with van der Waals surface area (Å²) in [5, 5.41) is 14.8. The molecule has 0 N–H and O–H groups in total. The van der Waals surface area contributed by atoms with Crippen LogP contribution in [-0.4, -0.2) is 20.5 Å². The summed E-state index contributed by atoms with van der Waals surface area (Å²) in [7, 11) is 1.36. The van der Waals surface area contributed by atoms with Crippen molar-refractivity contribution in [2.45, 2.75) is 6.92 Å². The molecule has 0 atom stereocenters. The Kier molecular flexibility index (Phi) is 3.86. The summed E-state index contributed by atoms with van der Waals surface area (Å²) in [6.07, 6.45) is 0. The maximum atomic E-state index is 11.8. The third-order valence-corrected chi connectivity index (χ3v) is 3.25. The normalized spacial score (nSPS) is 10.4. The van der Waals surface area contributed by atoms with Crippen LogP contribution in [0.3, 0.4) is 0 Å². The maximum Gasteiger partial charge on any atom is 0.286 e. The van der Waals surface area contributed by atoms with E-state index in [9.17, 15) is 19.7 Å². The van der Waals surface area contributed by atoms with Gasteiger partial charge in [-0.15, -0.1) is 0 Å². The van der Waals surface area contributed by atoms with E-state index in [0.717, 1.165) is 4.68 Å². The third-order valence-electron chi connectivity index (χ3n) is 2.90. The van der Waals surface area contributed by atoms with Crippen LogP contribution in [0, 0.1) is 10.1 Å². The smallest absolute Gasteiger partial charge is 0.286 e. The SMILES string of the molecule is CC(=O)c1c(-c2ccccc2[N+](=O)[O-])nn(C)c(=O)c1Cl. The number of nitro groups is 1. The molecule has 108 valence electrons. The van der Waals surface area contributed by atoms with Gasteiger partial charge in [-0.05, 0) is 13.0 Å². The lowest BCUT2D eigenvalue weighted by atomic mass is 10.0. The van der Waals surface area contributed by atoms with Gasteiger partial charge in [0.1, 0.15) is 10.7 Å². The summed E-state index contributed by atoms with van der Waals surface area (Å²) < 4.78 is 0.945. The molecule has 0 amide bonds. The largest absolute Gasteiger partial charge is 0.294 e. The molecular formula is C13H10ClN3O4. The van der Waals surface area contributed by atoms with Crippen molar-refractivity contribution in [3.05, 3.63) is 55.3 Å². The lowest BCUT2D eigenvalue weighted by Crippen LogP contribution is -2.24. The summed E-state index contributed by atoms with van der Waals surface area (Å²) in [6, 6.07) is 5.82. The van der Waals surface area contributed by atoms with Gasteiger partial charge in [-0.3, -0.25) is 19.7 Å². The lowest BCUT2D eigenvalue weighted by molar-refractivity contribution is -0.384. The topological polar surface area (TPSA) is 95.1 Å². The number of carbonyl (C=O) groups is 1. The number of para-hydroxylation sites is 1. The van der Waals surface area contributed by atoms with E-state index in [2.05, 4.69) is 5.10 Å². The van der Waals surface area contributed by atoms with Crippen LogP contribution < -0.4 is 5.56 Å².